The monoisotopic (exact) mass is 606 g/mol. The van der Waals surface area contributed by atoms with Crippen LogP contribution in [0.1, 0.15) is 28.8 Å². The van der Waals surface area contributed by atoms with E-state index in [2.05, 4.69) is 10.1 Å². The summed E-state index contributed by atoms with van der Waals surface area (Å²) in [5.41, 5.74) is -5.37. The van der Waals surface area contributed by atoms with E-state index in [1.165, 1.54) is 6.21 Å². The molecule has 0 bridgehead atoms. The van der Waals surface area contributed by atoms with Gasteiger partial charge in [0.25, 0.3) is 5.56 Å². The van der Waals surface area contributed by atoms with Gasteiger partial charge in [0.2, 0.25) is 16.3 Å². The number of nitrogens with one attached hydrogen (secondary N) is 1. The van der Waals surface area contributed by atoms with E-state index in [9.17, 15) is 39.3 Å². The molecule has 12 heteroatoms. The van der Waals surface area contributed by atoms with Gasteiger partial charge in [0.15, 0.2) is 11.2 Å². The molecule has 1 aromatic heterocycles. The molecule has 2 aromatic carbocycles. The first-order valence-corrected chi connectivity index (χ1v) is 13.8. The van der Waals surface area contributed by atoms with Gasteiger partial charge in [0.05, 0.1) is 45.3 Å². The number of benzene rings is 2. The third kappa shape index (κ3) is 3.71. The van der Waals surface area contributed by atoms with Crippen molar-refractivity contribution >= 4 is 28.5 Å². The second-order valence-corrected chi connectivity index (χ2v) is 10.9. The molecule has 0 saturated heterocycles. The van der Waals surface area contributed by atoms with Crippen LogP contribution in [0.2, 0.25) is 0 Å². The minimum Gasteiger partial charge on any atom is -0.510 e. The van der Waals surface area contributed by atoms with Crippen molar-refractivity contribution < 1.29 is 24.9 Å². The van der Waals surface area contributed by atoms with E-state index in [0.717, 1.165) is 18.7 Å². The molecular formula is C33H22N2O10. The highest BCUT2D eigenvalue weighted by Gasteiger charge is 2.53. The van der Waals surface area contributed by atoms with Crippen LogP contribution in [0.25, 0.3) is 22.3 Å². The molecule has 45 heavy (non-hydrogen) atoms. The minimum absolute atomic E-state index is 0.0653. The first-order chi connectivity index (χ1) is 21.6. The predicted molar refractivity (Wildman–Crippen MR) is 162 cm³/mol. The molecule has 1 unspecified atom stereocenters. The van der Waals surface area contributed by atoms with E-state index < -0.39 is 76.6 Å². The molecule has 1 heterocycles. The summed E-state index contributed by atoms with van der Waals surface area (Å²) in [7, 11) is 1.12. The van der Waals surface area contributed by atoms with Crippen LogP contribution in [-0.2, 0) is 23.3 Å². The Morgan fingerprint density at radius 3 is 2.27 bits per heavy atom. The van der Waals surface area contributed by atoms with E-state index in [0.29, 0.717) is 10.9 Å². The number of aryl methyl sites for hydroxylation is 1. The number of nitrogens with zero attached hydrogens (tertiary/aromatic N) is 1. The number of ether oxygens (including phenoxy) is 1. The molecule has 4 aliphatic carbocycles. The Kier molecular flexibility index (Phi) is 6.01. The van der Waals surface area contributed by atoms with Crippen LogP contribution >= 0.6 is 0 Å². The highest BCUT2D eigenvalue weighted by atomic mass is 16.6. The van der Waals surface area contributed by atoms with E-state index in [4.69, 9.17) is 9.57 Å². The summed E-state index contributed by atoms with van der Waals surface area (Å²) in [5.74, 6) is -2.55. The number of H-pyrrole nitrogens is 1. The molecule has 1 atom stereocenters. The number of aliphatic hydroxyl groups is 2. The summed E-state index contributed by atoms with van der Waals surface area (Å²) in [4.78, 5) is 74.0. The van der Waals surface area contributed by atoms with E-state index in [1.807, 2.05) is 30.3 Å². The number of rotatable bonds is 5. The Morgan fingerprint density at radius 1 is 0.889 bits per heavy atom. The molecule has 3 aromatic rings. The molecule has 7 rings (SSSR count). The zero-order valence-electron chi connectivity index (χ0n) is 23.5. The number of hydrogen-bond donors (Lipinski definition) is 4. The topological polar surface area (TPSA) is 193 Å². The lowest BCUT2D eigenvalue weighted by Crippen LogP contribution is -2.51. The predicted octanol–water partition coefficient (Wildman–Crippen LogP) is 0.0644. The average Bonchev–Trinajstić information content (AvgIpc) is 3.51. The maximum absolute atomic E-state index is 13.6. The van der Waals surface area contributed by atoms with Crippen molar-refractivity contribution in [2.24, 2.45) is 5.16 Å². The van der Waals surface area contributed by atoms with Crippen molar-refractivity contribution in [3.8, 4) is 11.5 Å². The molecule has 224 valence electrons. The van der Waals surface area contributed by atoms with Crippen LogP contribution in [0.5, 0.6) is 11.5 Å². The van der Waals surface area contributed by atoms with Gasteiger partial charge in [-0.05, 0) is 35.4 Å². The SMILES string of the molecule is COc1cc(=O)c2c(=O)c3c(c(=O)c=2c1=O)=C(O)C1(CCc2cc4cc(/C=N/OCc5ccccc5)[nH]c(=O)c4c(O)c21)C=3O. The highest BCUT2D eigenvalue weighted by Crippen LogP contribution is 2.54. The number of hydrogen-bond acceptors (Lipinski definition) is 11. The number of aromatic nitrogens is 1. The van der Waals surface area contributed by atoms with Gasteiger partial charge in [0, 0.05) is 11.6 Å². The van der Waals surface area contributed by atoms with Crippen molar-refractivity contribution in [3.05, 3.63) is 143 Å². The van der Waals surface area contributed by atoms with Crippen molar-refractivity contribution in [1.82, 2.24) is 4.98 Å². The van der Waals surface area contributed by atoms with Gasteiger partial charge < -0.3 is 29.9 Å². The van der Waals surface area contributed by atoms with Crippen LogP contribution in [0.4, 0.5) is 0 Å². The highest BCUT2D eigenvalue weighted by molar-refractivity contribution is 5.96. The molecular weight excluding hydrogens is 584 g/mol. The summed E-state index contributed by atoms with van der Waals surface area (Å²) in [6, 6.07) is 13.3. The minimum atomic E-state index is -1.97. The Balaban J connectivity index is 1.41. The molecule has 0 amide bonds. The summed E-state index contributed by atoms with van der Waals surface area (Å²) < 4.78 is 4.90. The number of pyridine rings is 1. The second kappa shape index (κ2) is 9.74. The molecule has 0 saturated carbocycles. The molecule has 1 spiro atoms. The molecule has 4 N–H and O–H groups in total. The number of oxime groups is 1. The largest absolute Gasteiger partial charge is 0.510 e. The maximum Gasteiger partial charge on any atom is 0.260 e. The number of methoxy groups -OCH3 is 1. The van der Waals surface area contributed by atoms with Crippen LogP contribution < -0.4 is 42.4 Å². The van der Waals surface area contributed by atoms with Crippen molar-refractivity contribution in [1.29, 1.82) is 0 Å². The van der Waals surface area contributed by atoms with Crippen molar-refractivity contribution in [3.63, 3.8) is 0 Å². The standard InChI is InChI=1S/C33H22N2O10/c1-44-19-11-18(36)21-22(26(19)37)28(39)24-23(27(21)38)30(41)33(31(24)42)8-7-15-9-16-10-17(35-32(43)20(16)29(40)25(15)33)12-34-45-13-14-5-3-2-4-6-14/h2-6,9-12,40-42H,7-8,13H2,1H3,(H,35,43)/b34-12+. The van der Waals surface area contributed by atoms with Gasteiger partial charge in [-0.25, -0.2) is 0 Å². The zero-order chi connectivity index (χ0) is 31.8. The van der Waals surface area contributed by atoms with E-state index in [-0.39, 0.29) is 36.1 Å². The summed E-state index contributed by atoms with van der Waals surface area (Å²) in [6.45, 7) is 0.208. The maximum atomic E-state index is 13.6. The van der Waals surface area contributed by atoms with Crippen LogP contribution in [0, 0.1) is 10.4 Å². The lowest BCUT2D eigenvalue weighted by atomic mass is 9.78. The van der Waals surface area contributed by atoms with Gasteiger partial charge in [-0.2, -0.15) is 0 Å². The van der Waals surface area contributed by atoms with Crippen LogP contribution in [-0.4, -0.2) is 33.6 Å². The lowest BCUT2D eigenvalue weighted by Gasteiger charge is -2.27. The Labute approximate surface area is 250 Å². The third-order valence-corrected chi connectivity index (χ3v) is 8.62. The van der Waals surface area contributed by atoms with Gasteiger partial charge in [-0.15, -0.1) is 0 Å². The van der Waals surface area contributed by atoms with Gasteiger partial charge in [-0.3, -0.25) is 24.0 Å². The summed E-state index contributed by atoms with van der Waals surface area (Å²) in [6.07, 6.45) is 1.37. The average molecular weight is 607 g/mol. The van der Waals surface area contributed by atoms with E-state index >= 15 is 0 Å². The molecule has 0 aliphatic heterocycles. The summed E-state index contributed by atoms with van der Waals surface area (Å²) in [5, 5.41) is 35.9. The van der Waals surface area contributed by atoms with Gasteiger partial charge >= 0.3 is 0 Å². The molecule has 0 radical (unpaired) electrons. The fraction of sp³-hybridized carbons (Fsp3) is 0.152. The Hall–Kier alpha value is -6.04. The number of phenols is 1. The smallest absolute Gasteiger partial charge is 0.260 e. The lowest BCUT2D eigenvalue weighted by molar-refractivity contribution is 0.132. The quantitative estimate of drug-likeness (QED) is 0.157. The molecule has 4 aliphatic rings. The number of phenolic OH excluding ortho intramolecular Hbond substituents is 1. The number of fused-ring (bicyclic) bond motifs is 4. The first-order valence-electron chi connectivity index (χ1n) is 13.8. The number of aromatic hydroxyl groups is 1. The fourth-order valence-corrected chi connectivity index (χ4v) is 6.62. The number of aromatic amines is 1. The zero-order valence-corrected chi connectivity index (χ0v) is 23.5. The van der Waals surface area contributed by atoms with Crippen molar-refractivity contribution in [2.75, 3.05) is 7.11 Å². The summed E-state index contributed by atoms with van der Waals surface area (Å²) >= 11 is 0. The number of aliphatic hydroxyl groups excluding tert-OH is 2. The van der Waals surface area contributed by atoms with Gasteiger partial charge in [0.1, 0.15) is 29.3 Å². The molecule has 12 nitrogen and oxygen atoms in total. The molecule has 0 fully saturated rings. The Morgan fingerprint density at radius 2 is 1.58 bits per heavy atom. The third-order valence-electron chi connectivity index (χ3n) is 8.62. The van der Waals surface area contributed by atoms with Crippen LogP contribution in [0.3, 0.4) is 0 Å². The van der Waals surface area contributed by atoms with Crippen LogP contribution in [0.15, 0.2) is 77.7 Å². The normalized spacial score (nSPS) is 17.1. The Bertz CT molecular complexity index is 2620. The second-order valence-electron chi connectivity index (χ2n) is 10.9. The fourth-order valence-electron chi connectivity index (χ4n) is 6.62. The van der Waals surface area contributed by atoms with E-state index in [1.54, 1.807) is 12.1 Å². The van der Waals surface area contributed by atoms with Crippen molar-refractivity contribution in [2.45, 2.75) is 24.9 Å². The first kappa shape index (κ1) is 27.8. The van der Waals surface area contributed by atoms with Gasteiger partial charge in [-0.1, -0.05) is 41.6 Å².